The Morgan fingerprint density at radius 1 is 1.46 bits per heavy atom. The van der Waals surface area contributed by atoms with Crippen molar-refractivity contribution in [2.45, 2.75) is 25.3 Å². The van der Waals surface area contributed by atoms with Gasteiger partial charge in [0.2, 0.25) is 5.91 Å². The molecule has 0 heterocycles. The van der Waals surface area contributed by atoms with Gasteiger partial charge in [-0.15, -0.1) is 0 Å². The van der Waals surface area contributed by atoms with Gasteiger partial charge in [-0.05, 0) is 24.5 Å². The van der Waals surface area contributed by atoms with Crippen LogP contribution in [0.15, 0.2) is 24.3 Å². The summed E-state index contributed by atoms with van der Waals surface area (Å²) in [5.74, 6) is 0.133. The molecule has 0 aromatic heterocycles. The maximum Gasteiger partial charge on any atom is 0.224 e. The molecule has 13 heavy (non-hydrogen) atoms. The first-order chi connectivity index (χ1) is 6.34. The number of hydrogen-bond acceptors (Lipinski definition) is 1. The fourth-order valence-electron chi connectivity index (χ4n) is 1.23. The summed E-state index contributed by atoms with van der Waals surface area (Å²) >= 11 is 0. The molecular formula is C11H12NO. The molecule has 1 N–H and O–H groups in total. The molecule has 1 radical (unpaired) electrons. The van der Waals surface area contributed by atoms with Crippen molar-refractivity contribution in [1.29, 1.82) is 0 Å². The monoisotopic (exact) mass is 174 g/mol. The van der Waals surface area contributed by atoms with Crippen LogP contribution in [-0.2, 0) is 11.2 Å². The minimum atomic E-state index is 0.133. The van der Waals surface area contributed by atoms with Gasteiger partial charge in [0.15, 0.2) is 0 Å². The first-order valence-electron chi connectivity index (χ1n) is 4.59. The van der Waals surface area contributed by atoms with Crippen molar-refractivity contribution < 1.29 is 4.79 Å². The summed E-state index contributed by atoms with van der Waals surface area (Å²) in [6, 6.07) is 10.9. The molecule has 0 saturated heterocycles. The van der Waals surface area contributed by atoms with Crippen molar-refractivity contribution in [3.8, 4) is 0 Å². The summed E-state index contributed by atoms with van der Waals surface area (Å²) in [4.78, 5) is 11.3. The maximum absolute atomic E-state index is 11.3. The SMILES string of the molecule is O=C(Cc1cc[c]cc1)NC1CC1. The highest BCUT2D eigenvalue weighted by Gasteiger charge is 2.22. The Morgan fingerprint density at radius 2 is 2.15 bits per heavy atom. The molecule has 0 atom stereocenters. The zero-order chi connectivity index (χ0) is 9.10. The molecule has 0 unspecified atom stereocenters. The number of nitrogens with one attached hydrogen (secondary N) is 1. The van der Waals surface area contributed by atoms with E-state index in [1.807, 2.05) is 24.3 Å². The standard InChI is InChI=1S/C11H12NO/c13-11(12-10-6-7-10)8-9-4-2-1-3-5-9/h2-5,10H,6-8H2,(H,12,13). The Hall–Kier alpha value is -1.31. The van der Waals surface area contributed by atoms with E-state index in [-0.39, 0.29) is 5.91 Å². The van der Waals surface area contributed by atoms with Gasteiger partial charge in [0, 0.05) is 6.04 Å². The number of hydrogen-bond donors (Lipinski definition) is 1. The molecule has 1 aromatic rings. The molecule has 0 bridgehead atoms. The molecule has 1 fully saturated rings. The second-order valence-electron chi connectivity index (χ2n) is 3.43. The largest absolute Gasteiger partial charge is 0.353 e. The van der Waals surface area contributed by atoms with Gasteiger partial charge in [-0.1, -0.05) is 24.3 Å². The summed E-state index contributed by atoms with van der Waals surface area (Å²) in [6.45, 7) is 0. The molecular weight excluding hydrogens is 162 g/mol. The minimum Gasteiger partial charge on any atom is -0.353 e. The summed E-state index contributed by atoms with van der Waals surface area (Å²) in [5.41, 5.74) is 1.05. The Bertz CT molecular complexity index is 290. The van der Waals surface area contributed by atoms with E-state index in [1.165, 1.54) is 0 Å². The Balaban J connectivity index is 1.86. The molecule has 67 valence electrons. The van der Waals surface area contributed by atoms with Crippen LogP contribution in [0.1, 0.15) is 18.4 Å². The van der Waals surface area contributed by atoms with Crippen molar-refractivity contribution in [1.82, 2.24) is 5.32 Å². The van der Waals surface area contributed by atoms with Gasteiger partial charge in [-0.25, -0.2) is 0 Å². The molecule has 2 heteroatoms. The van der Waals surface area contributed by atoms with E-state index >= 15 is 0 Å². The third kappa shape index (κ3) is 2.58. The van der Waals surface area contributed by atoms with E-state index < -0.39 is 0 Å². The van der Waals surface area contributed by atoms with Crippen molar-refractivity contribution in [2.24, 2.45) is 0 Å². The Labute approximate surface area is 78.0 Å². The summed E-state index contributed by atoms with van der Waals surface area (Å²) in [7, 11) is 0. The second-order valence-corrected chi connectivity index (χ2v) is 3.43. The third-order valence-electron chi connectivity index (χ3n) is 2.09. The van der Waals surface area contributed by atoms with Crippen molar-refractivity contribution in [3.05, 3.63) is 35.9 Å². The van der Waals surface area contributed by atoms with E-state index in [4.69, 9.17) is 0 Å². The summed E-state index contributed by atoms with van der Waals surface area (Å²) in [6.07, 6.45) is 2.79. The predicted octanol–water partition coefficient (Wildman–Crippen LogP) is 1.31. The first-order valence-corrected chi connectivity index (χ1v) is 4.59. The van der Waals surface area contributed by atoms with Crippen molar-refractivity contribution >= 4 is 5.91 Å². The van der Waals surface area contributed by atoms with Crippen LogP contribution in [-0.4, -0.2) is 11.9 Å². The van der Waals surface area contributed by atoms with E-state index in [1.54, 1.807) is 0 Å². The Morgan fingerprint density at radius 3 is 2.77 bits per heavy atom. The highest BCUT2D eigenvalue weighted by molar-refractivity contribution is 5.79. The van der Waals surface area contributed by atoms with Crippen molar-refractivity contribution in [3.63, 3.8) is 0 Å². The fraction of sp³-hybridized carbons (Fsp3) is 0.364. The molecule has 1 amide bonds. The number of rotatable bonds is 3. The molecule has 1 aliphatic rings. The molecule has 1 aromatic carbocycles. The smallest absolute Gasteiger partial charge is 0.224 e. The van der Waals surface area contributed by atoms with Crippen LogP contribution in [0.5, 0.6) is 0 Å². The second kappa shape index (κ2) is 3.60. The van der Waals surface area contributed by atoms with Crippen LogP contribution < -0.4 is 5.32 Å². The van der Waals surface area contributed by atoms with E-state index in [2.05, 4.69) is 11.4 Å². The molecule has 1 saturated carbocycles. The van der Waals surface area contributed by atoms with Crippen molar-refractivity contribution in [2.75, 3.05) is 0 Å². The van der Waals surface area contributed by atoms with Gasteiger partial charge < -0.3 is 5.32 Å². The predicted molar refractivity (Wildman–Crippen MR) is 50.1 cm³/mol. The van der Waals surface area contributed by atoms with Crippen LogP contribution >= 0.6 is 0 Å². The Kier molecular flexibility index (Phi) is 2.30. The highest BCUT2D eigenvalue weighted by atomic mass is 16.1. The zero-order valence-electron chi connectivity index (χ0n) is 7.42. The highest BCUT2D eigenvalue weighted by Crippen LogP contribution is 2.18. The van der Waals surface area contributed by atoms with Crippen LogP contribution in [0.3, 0.4) is 0 Å². The van der Waals surface area contributed by atoms with E-state index in [0.29, 0.717) is 12.5 Å². The zero-order valence-corrected chi connectivity index (χ0v) is 7.42. The number of carbonyl (C=O) groups is 1. The lowest BCUT2D eigenvalue weighted by Crippen LogP contribution is -2.26. The van der Waals surface area contributed by atoms with Gasteiger partial charge in [0.1, 0.15) is 0 Å². The van der Waals surface area contributed by atoms with Gasteiger partial charge in [-0.2, -0.15) is 0 Å². The summed E-state index contributed by atoms with van der Waals surface area (Å²) < 4.78 is 0. The fourth-order valence-corrected chi connectivity index (χ4v) is 1.23. The lowest BCUT2D eigenvalue weighted by molar-refractivity contribution is -0.120. The molecule has 1 aliphatic carbocycles. The van der Waals surface area contributed by atoms with Gasteiger partial charge in [0.05, 0.1) is 6.42 Å². The van der Waals surface area contributed by atoms with E-state index in [9.17, 15) is 4.79 Å². The average Bonchev–Trinajstić information content (AvgIpc) is 2.90. The molecule has 2 rings (SSSR count). The molecule has 0 spiro atoms. The van der Waals surface area contributed by atoms with Crippen LogP contribution in [0, 0.1) is 6.07 Å². The number of carbonyl (C=O) groups excluding carboxylic acids is 1. The first kappa shape index (κ1) is 8.30. The van der Waals surface area contributed by atoms with Crippen LogP contribution in [0.25, 0.3) is 0 Å². The topological polar surface area (TPSA) is 29.1 Å². The summed E-state index contributed by atoms with van der Waals surface area (Å²) in [5, 5.41) is 2.95. The van der Waals surface area contributed by atoms with E-state index in [0.717, 1.165) is 18.4 Å². The van der Waals surface area contributed by atoms with Gasteiger partial charge >= 0.3 is 0 Å². The van der Waals surface area contributed by atoms with Gasteiger partial charge in [-0.3, -0.25) is 4.79 Å². The van der Waals surface area contributed by atoms with Crippen LogP contribution in [0.4, 0.5) is 0 Å². The van der Waals surface area contributed by atoms with Crippen LogP contribution in [0.2, 0.25) is 0 Å². The quantitative estimate of drug-likeness (QED) is 0.735. The maximum atomic E-state index is 11.3. The molecule has 0 aliphatic heterocycles. The molecule has 2 nitrogen and oxygen atoms in total. The lowest BCUT2D eigenvalue weighted by atomic mass is 10.1. The normalized spacial score (nSPS) is 15.4. The number of benzene rings is 1. The third-order valence-corrected chi connectivity index (χ3v) is 2.09. The average molecular weight is 174 g/mol. The number of amides is 1. The minimum absolute atomic E-state index is 0.133. The van der Waals surface area contributed by atoms with Gasteiger partial charge in [0.25, 0.3) is 0 Å². The lowest BCUT2D eigenvalue weighted by Gasteiger charge is -2.02.